The van der Waals surface area contributed by atoms with Crippen molar-refractivity contribution in [3.63, 3.8) is 0 Å². The fraction of sp³-hybridized carbons (Fsp3) is 0.118. The van der Waals surface area contributed by atoms with Crippen molar-refractivity contribution in [2.75, 3.05) is 11.8 Å². The summed E-state index contributed by atoms with van der Waals surface area (Å²) in [6.45, 7) is 5.18. The van der Waals surface area contributed by atoms with Crippen LogP contribution in [0.5, 0.6) is 11.5 Å². The number of anilines is 1. The van der Waals surface area contributed by atoms with E-state index in [2.05, 4.69) is 11.3 Å². The molecule has 0 aliphatic carbocycles. The Hall–Kier alpha value is -2.80. The molecule has 0 radical (unpaired) electrons. The van der Waals surface area contributed by atoms with E-state index < -0.39 is 16.0 Å². The lowest BCUT2D eigenvalue weighted by Gasteiger charge is -2.15. The fourth-order valence-electron chi connectivity index (χ4n) is 1.93. The van der Waals surface area contributed by atoms with Crippen molar-refractivity contribution < 1.29 is 22.7 Å². The van der Waals surface area contributed by atoms with E-state index in [1.807, 2.05) is 6.92 Å². The molecular weight excluding hydrogens is 330 g/mol. The van der Waals surface area contributed by atoms with Gasteiger partial charge in [-0.25, -0.2) is 13.2 Å². The molecule has 0 amide bonds. The van der Waals surface area contributed by atoms with E-state index in [4.69, 9.17) is 9.47 Å². The van der Waals surface area contributed by atoms with Crippen molar-refractivity contribution in [3.05, 3.63) is 60.7 Å². The number of benzene rings is 2. The summed E-state index contributed by atoms with van der Waals surface area (Å²) in [6, 6.07) is 11.0. The van der Waals surface area contributed by atoms with Crippen LogP contribution in [0.25, 0.3) is 0 Å². The summed E-state index contributed by atoms with van der Waals surface area (Å²) < 4.78 is 37.7. The third-order valence-corrected chi connectivity index (χ3v) is 4.53. The predicted octanol–water partition coefficient (Wildman–Crippen LogP) is 2.90. The Morgan fingerprint density at radius 3 is 2.42 bits per heavy atom. The van der Waals surface area contributed by atoms with E-state index in [9.17, 15) is 13.2 Å². The summed E-state index contributed by atoms with van der Waals surface area (Å²) in [7, 11) is -2.46. The largest absolute Gasteiger partial charge is 0.493 e. The number of aryl methyl sites for hydroxylation is 1. The van der Waals surface area contributed by atoms with Crippen LogP contribution in [-0.2, 0) is 14.8 Å². The first-order valence-corrected chi connectivity index (χ1v) is 8.46. The van der Waals surface area contributed by atoms with Crippen LogP contribution in [0.1, 0.15) is 5.56 Å². The number of ether oxygens (including phenoxy) is 2. The van der Waals surface area contributed by atoms with Crippen molar-refractivity contribution in [3.8, 4) is 11.5 Å². The molecular formula is C17H17NO5S. The minimum atomic E-state index is -3.84. The van der Waals surface area contributed by atoms with Gasteiger partial charge in [-0.15, -0.1) is 0 Å². The Balaban J connectivity index is 2.43. The molecule has 0 bridgehead atoms. The van der Waals surface area contributed by atoms with Crippen molar-refractivity contribution in [2.24, 2.45) is 0 Å². The van der Waals surface area contributed by atoms with Gasteiger partial charge in [0, 0.05) is 6.08 Å². The van der Waals surface area contributed by atoms with Crippen LogP contribution in [0.2, 0.25) is 0 Å². The van der Waals surface area contributed by atoms with Gasteiger partial charge in [-0.3, -0.25) is 4.72 Å². The second-order valence-electron chi connectivity index (χ2n) is 4.88. The number of carbonyl (C=O) groups excluding carboxylic acids is 1. The van der Waals surface area contributed by atoms with Crippen LogP contribution in [0, 0.1) is 6.92 Å². The van der Waals surface area contributed by atoms with Gasteiger partial charge < -0.3 is 9.47 Å². The lowest BCUT2D eigenvalue weighted by molar-refractivity contribution is -0.129. The maximum absolute atomic E-state index is 12.5. The molecule has 2 aromatic carbocycles. The highest BCUT2D eigenvalue weighted by molar-refractivity contribution is 7.92. The summed E-state index contributed by atoms with van der Waals surface area (Å²) in [5.41, 5.74) is 1.03. The van der Waals surface area contributed by atoms with Crippen LogP contribution >= 0.6 is 0 Å². The third kappa shape index (κ3) is 3.94. The minimum Gasteiger partial charge on any atom is -0.493 e. The SMILES string of the molecule is C=CC(=O)Oc1c(NS(=O)(=O)c2ccc(C)cc2)cccc1OC. The van der Waals surface area contributed by atoms with Gasteiger partial charge in [-0.1, -0.05) is 30.3 Å². The fourth-order valence-corrected chi connectivity index (χ4v) is 2.99. The smallest absolute Gasteiger partial charge is 0.335 e. The zero-order valence-electron chi connectivity index (χ0n) is 13.3. The Morgan fingerprint density at radius 2 is 1.83 bits per heavy atom. The number of sulfonamides is 1. The zero-order valence-corrected chi connectivity index (χ0v) is 14.1. The molecule has 2 rings (SSSR count). The molecule has 6 nitrogen and oxygen atoms in total. The van der Waals surface area contributed by atoms with Gasteiger partial charge in [-0.05, 0) is 31.2 Å². The van der Waals surface area contributed by atoms with E-state index in [0.29, 0.717) is 0 Å². The lowest BCUT2D eigenvalue weighted by atomic mass is 10.2. The second-order valence-corrected chi connectivity index (χ2v) is 6.56. The molecule has 2 aromatic rings. The van der Waals surface area contributed by atoms with Crippen LogP contribution in [-0.4, -0.2) is 21.5 Å². The Labute approximate surface area is 140 Å². The van der Waals surface area contributed by atoms with Gasteiger partial charge in [0.25, 0.3) is 10.0 Å². The molecule has 0 saturated heterocycles. The number of para-hydroxylation sites is 1. The molecule has 0 atom stereocenters. The highest BCUT2D eigenvalue weighted by Gasteiger charge is 2.20. The van der Waals surface area contributed by atoms with E-state index >= 15 is 0 Å². The molecule has 0 unspecified atom stereocenters. The average molecular weight is 347 g/mol. The van der Waals surface area contributed by atoms with Crippen molar-refractivity contribution in [2.45, 2.75) is 11.8 Å². The number of hydrogen-bond donors (Lipinski definition) is 1. The van der Waals surface area contributed by atoms with Crippen LogP contribution in [0.3, 0.4) is 0 Å². The van der Waals surface area contributed by atoms with E-state index in [-0.39, 0.29) is 22.1 Å². The minimum absolute atomic E-state index is 0.0272. The van der Waals surface area contributed by atoms with Gasteiger partial charge >= 0.3 is 5.97 Å². The molecule has 0 heterocycles. The molecule has 7 heteroatoms. The lowest BCUT2D eigenvalue weighted by Crippen LogP contribution is -2.15. The Kier molecular flexibility index (Phi) is 5.25. The molecule has 24 heavy (non-hydrogen) atoms. The molecule has 0 saturated carbocycles. The summed E-state index contributed by atoms with van der Waals surface area (Å²) in [4.78, 5) is 11.6. The highest BCUT2D eigenvalue weighted by atomic mass is 32.2. The summed E-state index contributed by atoms with van der Waals surface area (Å²) >= 11 is 0. The molecule has 0 spiro atoms. The second kappa shape index (κ2) is 7.18. The van der Waals surface area contributed by atoms with E-state index in [1.54, 1.807) is 24.3 Å². The van der Waals surface area contributed by atoms with Gasteiger partial charge in [0.15, 0.2) is 11.5 Å². The van der Waals surface area contributed by atoms with Gasteiger partial charge in [-0.2, -0.15) is 0 Å². The number of methoxy groups -OCH3 is 1. The molecule has 0 aliphatic rings. The van der Waals surface area contributed by atoms with Gasteiger partial charge in [0.05, 0.1) is 17.7 Å². The standard InChI is InChI=1S/C17H17NO5S/c1-4-16(19)23-17-14(6-5-7-15(17)22-3)18-24(20,21)13-10-8-12(2)9-11-13/h4-11,18H,1H2,2-3H3. The first-order valence-electron chi connectivity index (χ1n) is 6.98. The van der Waals surface area contributed by atoms with Gasteiger partial charge in [0.2, 0.25) is 0 Å². The Morgan fingerprint density at radius 1 is 1.17 bits per heavy atom. The molecule has 0 aliphatic heterocycles. The highest BCUT2D eigenvalue weighted by Crippen LogP contribution is 2.36. The number of rotatable bonds is 6. The number of carbonyl (C=O) groups is 1. The summed E-state index contributed by atoms with van der Waals surface area (Å²) in [6.07, 6.45) is 0.977. The number of hydrogen-bond acceptors (Lipinski definition) is 5. The maximum atomic E-state index is 12.5. The van der Waals surface area contributed by atoms with Crippen molar-refractivity contribution in [1.29, 1.82) is 0 Å². The summed E-state index contributed by atoms with van der Waals surface area (Å²) in [5, 5.41) is 0. The Bertz CT molecular complexity index is 857. The van der Waals surface area contributed by atoms with Crippen molar-refractivity contribution >= 4 is 21.7 Å². The quantitative estimate of drug-likeness (QED) is 0.494. The van der Waals surface area contributed by atoms with Crippen LogP contribution < -0.4 is 14.2 Å². The average Bonchev–Trinajstić information content (AvgIpc) is 2.56. The molecule has 126 valence electrons. The maximum Gasteiger partial charge on any atom is 0.335 e. The van der Waals surface area contributed by atoms with Crippen molar-refractivity contribution in [1.82, 2.24) is 0 Å². The molecule has 0 fully saturated rings. The monoisotopic (exact) mass is 347 g/mol. The van der Waals surface area contributed by atoms with Gasteiger partial charge in [0.1, 0.15) is 0 Å². The topological polar surface area (TPSA) is 81.7 Å². The molecule has 0 aromatic heterocycles. The zero-order chi connectivity index (χ0) is 17.7. The number of nitrogens with one attached hydrogen (secondary N) is 1. The summed E-state index contributed by atoms with van der Waals surface area (Å²) in [5.74, 6) is -0.537. The van der Waals surface area contributed by atoms with Crippen LogP contribution in [0.15, 0.2) is 60.0 Å². The number of esters is 1. The first kappa shape index (κ1) is 17.6. The predicted molar refractivity (Wildman–Crippen MR) is 90.8 cm³/mol. The third-order valence-electron chi connectivity index (χ3n) is 3.14. The van der Waals surface area contributed by atoms with Crippen LogP contribution in [0.4, 0.5) is 5.69 Å². The van der Waals surface area contributed by atoms with E-state index in [0.717, 1.165) is 11.6 Å². The molecule has 1 N–H and O–H groups in total. The normalized spacial score (nSPS) is 10.8. The van der Waals surface area contributed by atoms with E-state index in [1.165, 1.54) is 25.3 Å². The first-order chi connectivity index (χ1) is 11.4.